The number of benzene rings is 2. The van der Waals surface area contributed by atoms with Gasteiger partial charge in [0.15, 0.2) is 5.65 Å². The zero-order valence-electron chi connectivity index (χ0n) is 19.9. The molecule has 9 heteroatoms. The maximum atomic E-state index is 13.7. The number of hydrogen-bond acceptors (Lipinski definition) is 5. The molecule has 0 fully saturated rings. The van der Waals surface area contributed by atoms with Gasteiger partial charge in [0.1, 0.15) is 10.8 Å². The fourth-order valence-electron chi connectivity index (χ4n) is 4.18. The maximum Gasteiger partial charge on any atom is 0.352 e. The van der Waals surface area contributed by atoms with Crippen LogP contribution in [0.25, 0.3) is 5.65 Å². The number of nitrogens with two attached hydrogens (primary N) is 1. The Balaban J connectivity index is 1.87. The third kappa shape index (κ3) is 5.13. The lowest BCUT2D eigenvalue weighted by molar-refractivity contribution is 0.0655. The van der Waals surface area contributed by atoms with Gasteiger partial charge in [0, 0.05) is 12.1 Å². The molecule has 8 nitrogen and oxygen atoms in total. The number of amides is 1. The minimum Gasteiger partial charge on any atom is -0.330 e. The summed E-state index contributed by atoms with van der Waals surface area (Å²) in [4.78, 5) is 33.8. The van der Waals surface area contributed by atoms with Crippen LogP contribution in [-0.4, -0.2) is 43.1 Å². The predicted octanol–water partition coefficient (Wildman–Crippen LogP) is 3.84. The lowest BCUT2D eigenvalue weighted by Crippen LogP contribution is -2.41. The average molecular weight is 493 g/mol. The van der Waals surface area contributed by atoms with E-state index in [4.69, 9.17) is 22.3 Å². The summed E-state index contributed by atoms with van der Waals surface area (Å²) in [6.45, 7) is 5.11. The van der Waals surface area contributed by atoms with Crippen LogP contribution in [0.1, 0.15) is 53.1 Å². The first-order chi connectivity index (χ1) is 16.9. The Morgan fingerprint density at radius 3 is 2.51 bits per heavy atom. The molecule has 182 valence electrons. The third-order valence-corrected chi connectivity index (χ3v) is 6.28. The maximum absolute atomic E-state index is 13.7. The standard InChI is InChI=1S/C26H29ClN6O2/c1-3-22(31(15-7-14-28)25(34)20-12-10-18(2)11-13-20)24-30-23-21(27)16-29-33(23)26(35)32(24)17-19-8-5-4-6-9-19/h4-6,8-13,16,22H,3,7,14-15,17,28H2,1-2H3/t22-/m0/s1. The van der Waals surface area contributed by atoms with Crippen molar-refractivity contribution in [3.05, 3.63) is 98.8 Å². The number of carbonyl (C=O) groups excluding carboxylic acids is 1. The van der Waals surface area contributed by atoms with Gasteiger partial charge in [-0.05, 0) is 44.0 Å². The molecule has 0 radical (unpaired) electrons. The van der Waals surface area contributed by atoms with E-state index in [1.807, 2.05) is 68.4 Å². The molecule has 1 atom stereocenters. The summed E-state index contributed by atoms with van der Waals surface area (Å²) in [6.07, 6.45) is 2.57. The van der Waals surface area contributed by atoms with Crippen LogP contribution in [0.15, 0.2) is 65.6 Å². The monoisotopic (exact) mass is 492 g/mol. The number of fused-ring (bicyclic) bond motifs is 1. The summed E-state index contributed by atoms with van der Waals surface area (Å²) in [5.41, 5.74) is 8.31. The molecule has 35 heavy (non-hydrogen) atoms. The second-order valence-electron chi connectivity index (χ2n) is 8.48. The van der Waals surface area contributed by atoms with Crippen molar-refractivity contribution in [1.29, 1.82) is 0 Å². The third-order valence-electron chi connectivity index (χ3n) is 6.02. The second kappa shape index (κ2) is 10.8. The lowest BCUT2D eigenvalue weighted by Gasteiger charge is -2.32. The summed E-state index contributed by atoms with van der Waals surface area (Å²) in [7, 11) is 0. The van der Waals surface area contributed by atoms with E-state index >= 15 is 0 Å². The van der Waals surface area contributed by atoms with Gasteiger partial charge in [0.2, 0.25) is 0 Å². The molecule has 4 aromatic rings. The number of hydrogen-bond donors (Lipinski definition) is 1. The molecular formula is C26H29ClN6O2. The van der Waals surface area contributed by atoms with Crippen LogP contribution >= 0.6 is 11.6 Å². The molecule has 2 aromatic heterocycles. The Kier molecular flexibility index (Phi) is 7.63. The SMILES string of the molecule is CC[C@@H](c1nc2c(Cl)cnn2c(=O)n1Cc1ccccc1)N(CCCN)C(=O)c1ccc(C)cc1. The number of aryl methyl sites for hydroxylation is 1. The number of aromatic nitrogens is 4. The van der Waals surface area contributed by atoms with E-state index in [2.05, 4.69) is 5.10 Å². The summed E-state index contributed by atoms with van der Waals surface area (Å²) in [5.74, 6) is 0.332. The van der Waals surface area contributed by atoms with Gasteiger partial charge in [-0.2, -0.15) is 9.61 Å². The zero-order chi connectivity index (χ0) is 24.9. The van der Waals surface area contributed by atoms with Crippen molar-refractivity contribution in [2.24, 2.45) is 5.73 Å². The van der Waals surface area contributed by atoms with Crippen molar-refractivity contribution < 1.29 is 4.79 Å². The van der Waals surface area contributed by atoms with Crippen LogP contribution in [-0.2, 0) is 6.54 Å². The van der Waals surface area contributed by atoms with Gasteiger partial charge in [0.25, 0.3) is 5.91 Å². The van der Waals surface area contributed by atoms with E-state index in [0.29, 0.717) is 37.3 Å². The van der Waals surface area contributed by atoms with Crippen LogP contribution in [0.5, 0.6) is 0 Å². The van der Waals surface area contributed by atoms with E-state index in [9.17, 15) is 9.59 Å². The fraction of sp³-hybridized carbons (Fsp3) is 0.308. The Hall–Kier alpha value is -3.49. The van der Waals surface area contributed by atoms with Crippen molar-refractivity contribution in [3.8, 4) is 0 Å². The Labute approximate surface area is 209 Å². The highest BCUT2D eigenvalue weighted by Crippen LogP contribution is 2.27. The summed E-state index contributed by atoms with van der Waals surface area (Å²) >= 11 is 6.32. The van der Waals surface area contributed by atoms with Gasteiger partial charge in [-0.1, -0.05) is 66.6 Å². The van der Waals surface area contributed by atoms with Crippen LogP contribution in [0.2, 0.25) is 5.02 Å². The van der Waals surface area contributed by atoms with Crippen LogP contribution < -0.4 is 11.4 Å². The highest BCUT2D eigenvalue weighted by molar-refractivity contribution is 6.33. The van der Waals surface area contributed by atoms with Crippen molar-refractivity contribution >= 4 is 23.2 Å². The molecule has 0 aliphatic rings. The molecule has 2 heterocycles. The van der Waals surface area contributed by atoms with Gasteiger partial charge in [-0.3, -0.25) is 9.36 Å². The molecule has 0 saturated carbocycles. The van der Waals surface area contributed by atoms with Crippen LogP contribution in [0, 0.1) is 6.92 Å². The van der Waals surface area contributed by atoms with Crippen molar-refractivity contribution in [2.75, 3.05) is 13.1 Å². The number of rotatable bonds is 9. The number of carbonyl (C=O) groups is 1. The smallest absolute Gasteiger partial charge is 0.330 e. The van der Waals surface area contributed by atoms with Gasteiger partial charge >= 0.3 is 5.69 Å². The Morgan fingerprint density at radius 2 is 1.86 bits per heavy atom. The quantitative estimate of drug-likeness (QED) is 0.382. The molecular weight excluding hydrogens is 464 g/mol. The van der Waals surface area contributed by atoms with E-state index < -0.39 is 6.04 Å². The largest absolute Gasteiger partial charge is 0.352 e. The van der Waals surface area contributed by atoms with Crippen LogP contribution in [0.4, 0.5) is 0 Å². The average Bonchev–Trinajstić information content (AvgIpc) is 3.25. The van der Waals surface area contributed by atoms with Crippen LogP contribution in [0.3, 0.4) is 0 Å². The molecule has 2 N–H and O–H groups in total. The summed E-state index contributed by atoms with van der Waals surface area (Å²) < 4.78 is 2.78. The van der Waals surface area contributed by atoms with E-state index in [1.165, 1.54) is 10.7 Å². The molecule has 0 unspecified atom stereocenters. The Bertz CT molecular complexity index is 1360. The molecule has 0 aliphatic heterocycles. The van der Waals surface area contributed by atoms with Gasteiger partial charge in [-0.25, -0.2) is 9.78 Å². The van der Waals surface area contributed by atoms with Gasteiger partial charge in [-0.15, -0.1) is 0 Å². The zero-order valence-corrected chi connectivity index (χ0v) is 20.7. The van der Waals surface area contributed by atoms with Crippen molar-refractivity contribution in [3.63, 3.8) is 0 Å². The van der Waals surface area contributed by atoms with Gasteiger partial charge in [0.05, 0.1) is 18.8 Å². The first-order valence-electron chi connectivity index (χ1n) is 11.7. The van der Waals surface area contributed by atoms with Crippen molar-refractivity contribution in [1.82, 2.24) is 24.1 Å². The van der Waals surface area contributed by atoms with E-state index in [0.717, 1.165) is 11.1 Å². The number of halogens is 1. The normalized spacial score (nSPS) is 12.1. The minimum atomic E-state index is -0.470. The molecule has 4 rings (SSSR count). The first kappa shape index (κ1) is 24.6. The fourth-order valence-corrected chi connectivity index (χ4v) is 4.34. The first-order valence-corrected chi connectivity index (χ1v) is 12.1. The van der Waals surface area contributed by atoms with E-state index in [-0.39, 0.29) is 28.8 Å². The predicted molar refractivity (Wildman–Crippen MR) is 137 cm³/mol. The molecule has 0 spiro atoms. The molecule has 0 bridgehead atoms. The lowest BCUT2D eigenvalue weighted by atomic mass is 10.1. The highest BCUT2D eigenvalue weighted by Gasteiger charge is 2.29. The topological polar surface area (TPSA) is 98.5 Å². The number of nitrogens with zero attached hydrogens (tertiary/aromatic N) is 5. The molecule has 0 aliphatic carbocycles. The second-order valence-corrected chi connectivity index (χ2v) is 8.89. The highest BCUT2D eigenvalue weighted by atomic mass is 35.5. The van der Waals surface area contributed by atoms with Gasteiger partial charge < -0.3 is 10.6 Å². The minimum absolute atomic E-state index is 0.134. The van der Waals surface area contributed by atoms with E-state index in [1.54, 1.807) is 9.47 Å². The molecule has 1 amide bonds. The Morgan fingerprint density at radius 1 is 1.14 bits per heavy atom. The molecule has 2 aromatic carbocycles. The molecule has 0 saturated heterocycles. The summed E-state index contributed by atoms with van der Waals surface area (Å²) in [5, 5.41) is 4.40. The summed E-state index contributed by atoms with van der Waals surface area (Å²) in [6, 6.07) is 16.7. The van der Waals surface area contributed by atoms with Crippen molar-refractivity contribution in [2.45, 2.75) is 39.3 Å².